The van der Waals surface area contributed by atoms with E-state index in [4.69, 9.17) is 4.74 Å². The lowest BCUT2D eigenvalue weighted by atomic mass is 9.93. The normalized spacial score (nSPS) is 20.0. The van der Waals surface area contributed by atoms with E-state index in [0.29, 0.717) is 24.9 Å². The lowest BCUT2D eigenvalue weighted by Crippen LogP contribution is -2.46. The molecule has 3 aromatic rings. The first-order valence-electron chi connectivity index (χ1n) is 16.2. The molecule has 12 heteroatoms. The molecule has 9 nitrogen and oxygen atoms in total. The number of hydrogen-bond acceptors (Lipinski definition) is 8. The van der Waals surface area contributed by atoms with Gasteiger partial charge in [-0.2, -0.15) is 18.2 Å². The summed E-state index contributed by atoms with van der Waals surface area (Å²) in [6.07, 6.45) is 4.85. The Bertz CT molecular complexity index is 1380. The lowest BCUT2D eigenvalue weighted by Gasteiger charge is -2.34. The molecule has 3 heterocycles. The van der Waals surface area contributed by atoms with Gasteiger partial charge in [0.1, 0.15) is 5.65 Å². The van der Waals surface area contributed by atoms with Crippen molar-refractivity contribution in [1.82, 2.24) is 24.3 Å². The van der Waals surface area contributed by atoms with E-state index in [1.807, 2.05) is 0 Å². The van der Waals surface area contributed by atoms with Crippen LogP contribution in [0.3, 0.4) is 0 Å². The van der Waals surface area contributed by atoms with Crippen LogP contribution >= 0.6 is 0 Å². The minimum Gasteiger partial charge on any atom is -0.469 e. The number of aliphatic hydroxyl groups excluding tert-OH is 1. The number of methoxy groups -OCH3 is 1. The number of piperazine rings is 1. The third kappa shape index (κ3) is 9.40. The highest BCUT2D eigenvalue weighted by molar-refractivity contribution is 5.94. The second-order valence-corrected chi connectivity index (χ2v) is 12.3. The van der Waals surface area contributed by atoms with Crippen molar-refractivity contribution < 1.29 is 27.8 Å². The first-order valence-corrected chi connectivity index (χ1v) is 16.2. The number of carbonyl (C=O) groups excluding carboxylic acids is 1. The molecule has 2 N–H and O–H groups in total. The number of alkyl halides is 3. The maximum atomic E-state index is 12.7. The van der Waals surface area contributed by atoms with E-state index < -0.39 is 12.6 Å². The van der Waals surface area contributed by atoms with Crippen LogP contribution in [0.5, 0.6) is 0 Å². The van der Waals surface area contributed by atoms with Crippen molar-refractivity contribution in [3.63, 3.8) is 0 Å². The van der Waals surface area contributed by atoms with Gasteiger partial charge in [-0.15, -0.1) is 0 Å². The minimum atomic E-state index is -4.25. The smallest absolute Gasteiger partial charge is 0.390 e. The first-order chi connectivity index (χ1) is 21.7. The Kier molecular flexibility index (Phi) is 11.3. The second kappa shape index (κ2) is 15.4. The molecule has 1 aliphatic carbocycles. The molecule has 0 atom stereocenters. The highest BCUT2D eigenvalue weighted by Gasteiger charge is 2.27. The molecule has 2 fully saturated rings. The van der Waals surface area contributed by atoms with Gasteiger partial charge in [-0.25, -0.2) is 4.98 Å². The Labute approximate surface area is 262 Å². The molecule has 5 rings (SSSR count). The maximum absolute atomic E-state index is 12.7. The van der Waals surface area contributed by atoms with Crippen LogP contribution in [0, 0.1) is 0 Å². The van der Waals surface area contributed by atoms with Crippen molar-refractivity contribution in [2.45, 2.75) is 82.7 Å². The van der Waals surface area contributed by atoms with E-state index >= 15 is 0 Å². The molecule has 45 heavy (non-hydrogen) atoms. The highest BCUT2D eigenvalue weighted by atomic mass is 19.4. The van der Waals surface area contributed by atoms with Crippen LogP contribution in [0.15, 0.2) is 36.7 Å². The van der Waals surface area contributed by atoms with Gasteiger partial charge in [-0.1, -0.05) is 30.7 Å². The molecule has 1 aliphatic heterocycles. The second-order valence-electron chi connectivity index (χ2n) is 12.3. The molecule has 2 aliphatic rings. The predicted octanol–water partition coefficient (Wildman–Crippen LogP) is 5.79. The summed E-state index contributed by atoms with van der Waals surface area (Å²) in [5.74, 6) is 0.0495. The fourth-order valence-corrected chi connectivity index (χ4v) is 6.38. The number of carbonyl (C=O) groups is 1. The van der Waals surface area contributed by atoms with Crippen molar-refractivity contribution in [2.24, 2.45) is 0 Å². The zero-order valence-corrected chi connectivity index (χ0v) is 26.1. The standard InChI is InChI=1S/C33H45F3N6O3/c1-45-30(44)5-3-2-4-16-40-17-19-41(20-18-40)22-24-6-8-25(9-7-24)29-23-42(26-10-12-27(43)13-11-26)31-28(29)21-38-32(39-31)37-15-14-33(34,35)36/h6-9,21,23,26-27,43H,2-5,10-20,22H2,1H3,(H,37,38,39)/t26-,27-. The fraction of sp³-hybridized carbons (Fsp3) is 0.606. The molecule has 0 radical (unpaired) electrons. The van der Waals surface area contributed by atoms with Gasteiger partial charge in [0.15, 0.2) is 0 Å². The first kappa shape index (κ1) is 33.2. The molecular formula is C33H45F3N6O3. The van der Waals surface area contributed by atoms with Crippen LogP contribution < -0.4 is 5.32 Å². The summed E-state index contributed by atoms with van der Waals surface area (Å²) in [5.41, 5.74) is 3.97. The van der Waals surface area contributed by atoms with Gasteiger partial charge < -0.3 is 24.6 Å². The molecular weight excluding hydrogens is 585 g/mol. The number of nitrogens with one attached hydrogen (secondary N) is 1. The van der Waals surface area contributed by atoms with Crippen LogP contribution in [-0.2, 0) is 16.1 Å². The summed E-state index contributed by atoms with van der Waals surface area (Å²) in [6, 6.07) is 8.73. The Hall–Kier alpha value is -3.22. The van der Waals surface area contributed by atoms with Crippen molar-refractivity contribution >= 4 is 23.0 Å². The van der Waals surface area contributed by atoms with E-state index in [2.05, 4.69) is 60.1 Å². The molecule has 0 amide bonds. The number of halogens is 3. The average molecular weight is 631 g/mol. The largest absolute Gasteiger partial charge is 0.469 e. The van der Waals surface area contributed by atoms with E-state index in [9.17, 15) is 23.1 Å². The number of rotatable bonds is 13. The molecule has 246 valence electrons. The number of ether oxygens (including phenoxy) is 1. The predicted molar refractivity (Wildman–Crippen MR) is 168 cm³/mol. The number of aliphatic hydroxyl groups is 1. The van der Waals surface area contributed by atoms with E-state index in [1.165, 1.54) is 12.7 Å². The Morgan fingerprint density at radius 3 is 2.42 bits per heavy atom. The minimum absolute atomic E-state index is 0.133. The summed E-state index contributed by atoms with van der Waals surface area (Å²) in [7, 11) is 1.43. The molecule has 0 spiro atoms. The van der Waals surface area contributed by atoms with Gasteiger partial charge in [0.05, 0.1) is 19.6 Å². The summed E-state index contributed by atoms with van der Waals surface area (Å²) >= 11 is 0. The Morgan fingerprint density at radius 2 is 1.73 bits per heavy atom. The van der Waals surface area contributed by atoms with Gasteiger partial charge in [-0.3, -0.25) is 9.69 Å². The molecule has 1 saturated heterocycles. The summed E-state index contributed by atoms with van der Waals surface area (Å²) in [6.45, 7) is 5.78. The summed E-state index contributed by atoms with van der Waals surface area (Å²) in [5, 5.41) is 13.6. The number of anilines is 1. The van der Waals surface area contributed by atoms with E-state index in [-0.39, 0.29) is 30.6 Å². The summed E-state index contributed by atoms with van der Waals surface area (Å²) in [4.78, 5) is 25.2. The zero-order valence-electron chi connectivity index (χ0n) is 26.1. The molecule has 2 aromatic heterocycles. The van der Waals surface area contributed by atoms with Crippen LogP contribution in [0.25, 0.3) is 22.2 Å². The number of benzene rings is 1. The number of fused-ring (bicyclic) bond motifs is 1. The molecule has 1 saturated carbocycles. The van der Waals surface area contributed by atoms with E-state index in [1.54, 1.807) is 6.20 Å². The number of nitrogens with zero attached hydrogens (tertiary/aromatic N) is 5. The molecule has 1 aromatic carbocycles. The van der Waals surface area contributed by atoms with Gasteiger partial charge in [0.25, 0.3) is 0 Å². The SMILES string of the molecule is COC(=O)CCCCCN1CCN(Cc2ccc(-c3cn([C@H]4CC[C@H](O)CC4)c4nc(NCCC(F)(F)F)ncc34)cc2)CC1. The van der Waals surface area contributed by atoms with Crippen LogP contribution in [0.1, 0.15) is 69.4 Å². The Morgan fingerprint density at radius 1 is 1.02 bits per heavy atom. The van der Waals surface area contributed by atoms with Crippen molar-refractivity contribution in [3.05, 3.63) is 42.2 Å². The van der Waals surface area contributed by atoms with Gasteiger partial charge in [0, 0.05) is 75.1 Å². The quantitative estimate of drug-likeness (QED) is 0.181. The third-order valence-electron chi connectivity index (χ3n) is 9.04. The number of esters is 1. The number of unbranched alkanes of at least 4 members (excludes halogenated alkanes) is 2. The third-order valence-corrected chi connectivity index (χ3v) is 9.04. The van der Waals surface area contributed by atoms with Gasteiger partial charge in [0.2, 0.25) is 5.95 Å². The summed E-state index contributed by atoms with van der Waals surface area (Å²) < 4.78 is 44.9. The van der Waals surface area contributed by atoms with Gasteiger partial charge >= 0.3 is 12.1 Å². The van der Waals surface area contributed by atoms with Crippen LogP contribution in [0.2, 0.25) is 0 Å². The Balaban J connectivity index is 1.21. The maximum Gasteiger partial charge on any atom is 0.390 e. The van der Waals surface area contributed by atoms with Crippen LogP contribution in [0.4, 0.5) is 19.1 Å². The number of hydrogen-bond donors (Lipinski definition) is 2. The monoisotopic (exact) mass is 630 g/mol. The van der Waals surface area contributed by atoms with Crippen molar-refractivity contribution in [1.29, 1.82) is 0 Å². The van der Waals surface area contributed by atoms with Crippen molar-refractivity contribution in [3.8, 4) is 11.1 Å². The topological polar surface area (TPSA) is 95.8 Å². The average Bonchev–Trinajstić information content (AvgIpc) is 3.40. The van der Waals surface area contributed by atoms with Crippen LogP contribution in [-0.4, -0.2) is 94.1 Å². The van der Waals surface area contributed by atoms with Gasteiger partial charge in [-0.05, 0) is 56.2 Å². The molecule has 0 unspecified atom stereocenters. The number of aromatic nitrogens is 3. The van der Waals surface area contributed by atoms with Crippen molar-refractivity contribution in [2.75, 3.05) is 51.7 Å². The van der Waals surface area contributed by atoms with E-state index in [0.717, 1.165) is 87.9 Å². The zero-order chi connectivity index (χ0) is 31.8. The fourth-order valence-electron chi connectivity index (χ4n) is 6.38. The lowest BCUT2D eigenvalue weighted by molar-refractivity contribution is -0.140. The molecule has 0 bridgehead atoms. The highest BCUT2D eigenvalue weighted by Crippen LogP contribution is 2.37.